The second-order valence-corrected chi connectivity index (χ2v) is 9.24. The maximum atomic E-state index is 13.0. The number of benzene rings is 2. The number of aromatic nitrogens is 3. The molecule has 0 saturated carbocycles. The van der Waals surface area contributed by atoms with Crippen LogP contribution in [0.25, 0.3) is 33.5 Å². The lowest BCUT2D eigenvalue weighted by atomic mass is 10.1. The maximum Gasteiger partial charge on any atom is 0.253 e. The van der Waals surface area contributed by atoms with Crippen LogP contribution in [-0.4, -0.2) is 44.1 Å². The number of nitrogens with two attached hydrogens (primary N) is 1. The number of likely N-dealkylation sites (tertiary alicyclic amines) is 1. The lowest BCUT2D eigenvalue weighted by Crippen LogP contribution is -2.45. The van der Waals surface area contributed by atoms with Gasteiger partial charge in [0.05, 0.1) is 16.7 Å². The minimum Gasteiger partial charge on any atom is -0.338 e. The monoisotopic (exact) mass is 479 g/mol. The Kier molecular flexibility index (Phi) is 5.10. The highest BCUT2D eigenvalue weighted by molar-refractivity contribution is 9.10. The molecule has 2 aromatic carbocycles. The van der Waals surface area contributed by atoms with E-state index in [2.05, 4.69) is 56.3 Å². The van der Waals surface area contributed by atoms with Crippen LogP contribution in [0.5, 0.6) is 0 Å². The third-order valence-corrected chi connectivity index (χ3v) is 6.78. The highest BCUT2D eigenvalue weighted by Gasteiger charge is 2.23. The number of imidazole rings is 1. The molecule has 2 N–H and O–H groups in total. The van der Waals surface area contributed by atoms with E-state index < -0.39 is 0 Å². The van der Waals surface area contributed by atoms with Gasteiger partial charge in [0.25, 0.3) is 5.91 Å². The fourth-order valence-electron chi connectivity index (χ4n) is 4.69. The number of rotatable bonds is 3. The van der Waals surface area contributed by atoms with E-state index in [4.69, 9.17) is 10.7 Å². The minimum atomic E-state index is 0.0387. The van der Waals surface area contributed by atoms with Gasteiger partial charge < -0.3 is 19.8 Å². The summed E-state index contributed by atoms with van der Waals surface area (Å²) in [5, 5.41) is 1.18. The highest BCUT2D eigenvalue weighted by Crippen LogP contribution is 2.31. The zero-order chi connectivity index (χ0) is 21.7. The Balaban J connectivity index is 1.58. The Morgan fingerprint density at radius 2 is 2.03 bits per heavy atom. The van der Waals surface area contributed by atoms with Crippen LogP contribution < -0.4 is 5.73 Å². The second-order valence-electron chi connectivity index (χ2n) is 8.33. The molecule has 0 unspecified atom stereocenters. The SMILES string of the molecule is CCn1c(-c2nc3cc(C(=O)N4CCC[C@@H](N)C4)ccc3n2C)cc2ccc(Br)cc21. The zero-order valence-corrected chi connectivity index (χ0v) is 19.4. The van der Waals surface area contributed by atoms with Crippen molar-refractivity contribution in [2.45, 2.75) is 32.4 Å². The van der Waals surface area contributed by atoms with Crippen LogP contribution in [0.15, 0.2) is 46.9 Å². The first-order valence-corrected chi connectivity index (χ1v) is 11.6. The average molecular weight is 480 g/mol. The molecule has 4 aromatic rings. The van der Waals surface area contributed by atoms with Gasteiger partial charge in [-0.2, -0.15) is 0 Å². The van der Waals surface area contributed by atoms with E-state index in [9.17, 15) is 4.79 Å². The first kappa shape index (κ1) is 20.3. The number of carbonyl (C=O) groups is 1. The average Bonchev–Trinajstić information content (AvgIpc) is 3.29. The van der Waals surface area contributed by atoms with Crippen molar-refractivity contribution in [3.8, 4) is 11.5 Å². The summed E-state index contributed by atoms with van der Waals surface area (Å²) < 4.78 is 5.45. The molecule has 1 aliphatic heterocycles. The number of aryl methyl sites for hydroxylation is 2. The van der Waals surface area contributed by atoms with Crippen LogP contribution >= 0.6 is 15.9 Å². The molecule has 5 rings (SSSR count). The predicted octanol–water partition coefficient (Wildman–Crippen LogP) is 4.54. The molecule has 7 heteroatoms. The van der Waals surface area contributed by atoms with Gasteiger partial charge in [0, 0.05) is 53.7 Å². The normalized spacial score (nSPS) is 17.0. The molecular weight excluding hydrogens is 454 g/mol. The minimum absolute atomic E-state index is 0.0387. The molecule has 3 heterocycles. The van der Waals surface area contributed by atoms with Crippen LogP contribution in [0.4, 0.5) is 0 Å². The first-order valence-electron chi connectivity index (χ1n) is 10.8. The molecule has 0 bridgehead atoms. The van der Waals surface area contributed by atoms with Gasteiger partial charge in [-0.1, -0.05) is 22.0 Å². The largest absolute Gasteiger partial charge is 0.338 e. The zero-order valence-electron chi connectivity index (χ0n) is 17.8. The van der Waals surface area contributed by atoms with Crippen molar-refractivity contribution in [1.82, 2.24) is 19.0 Å². The quantitative estimate of drug-likeness (QED) is 0.468. The molecule has 1 fully saturated rings. The van der Waals surface area contributed by atoms with Crippen LogP contribution in [0, 0.1) is 0 Å². The number of halogens is 1. The molecule has 1 amide bonds. The second kappa shape index (κ2) is 7.80. The van der Waals surface area contributed by atoms with E-state index in [1.165, 1.54) is 10.9 Å². The van der Waals surface area contributed by atoms with Gasteiger partial charge in [0.1, 0.15) is 0 Å². The summed E-state index contributed by atoms with van der Waals surface area (Å²) in [5.41, 5.74) is 10.8. The third-order valence-electron chi connectivity index (χ3n) is 6.28. The summed E-state index contributed by atoms with van der Waals surface area (Å²) in [6, 6.07) is 14.4. The van der Waals surface area contributed by atoms with Gasteiger partial charge in [0.15, 0.2) is 5.82 Å². The molecule has 1 saturated heterocycles. The molecule has 0 spiro atoms. The standard InChI is InChI=1S/C24H26BrN5O/c1-3-30-21-13-17(25)8-6-15(21)12-22(30)23-27-19-11-16(7-9-20(19)28(23)2)24(31)29-10-4-5-18(26)14-29/h6-9,11-13,18H,3-5,10,14,26H2,1-2H3/t18-/m1/s1. The lowest BCUT2D eigenvalue weighted by Gasteiger charge is -2.30. The molecule has 31 heavy (non-hydrogen) atoms. The number of fused-ring (bicyclic) bond motifs is 2. The van der Waals surface area contributed by atoms with Crippen molar-refractivity contribution in [2.75, 3.05) is 13.1 Å². The Morgan fingerprint density at radius 1 is 1.19 bits per heavy atom. The van der Waals surface area contributed by atoms with Gasteiger partial charge in [-0.3, -0.25) is 4.79 Å². The molecule has 0 aliphatic carbocycles. The molecule has 1 atom stereocenters. The molecule has 0 radical (unpaired) electrons. The molecule has 6 nitrogen and oxygen atoms in total. The van der Waals surface area contributed by atoms with E-state index in [-0.39, 0.29) is 11.9 Å². The summed E-state index contributed by atoms with van der Waals surface area (Å²) in [4.78, 5) is 19.8. The van der Waals surface area contributed by atoms with Crippen molar-refractivity contribution in [1.29, 1.82) is 0 Å². The summed E-state index contributed by atoms with van der Waals surface area (Å²) in [6.07, 6.45) is 1.94. The smallest absolute Gasteiger partial charge is 0.253 e. The molecule has 1 aliphatic rings. The van der Waals surface area contributed by atoms with E-state index >= 15 is 0 Å². The van der Waals surface area contributed by atoms with Gasteiger partial charge in [-0.15, -0.1) is 0 Å². The number of hydrogen-bond acceptors (Lipinski definition) is 3. The topological polar surface area (TPSA) is 69.1 Å². The highest BCUT2D eigenvalue weighted by atomic mass is 79.9. The lowest BCUT2D eigenvalue weighted by molar-refractivity contribution is 0.0709. The number of piperidine rings is 1. The van der Waals surface area contributed by atoms with Gasteiger partial charge in [0.2, 0.25) is 0 Å². The first-order chi connectivity index (χ1) is 15.0. The number of nitrogens with zero attached hydrogens (tertiary/aromatic N) is 4. The number of amides is 1. The fourth-order valence-corrected chi connectivity index (χ4v) is 5.04. The summed E-state index contributed by atoms with van der Waals surface area (Å²) in [6.45, 7) is 4.38. The van der Waals surface area contributed by atoms with E-state index in [0.29, 0.717) is 12.1 Å². The van der Waals surface area contributed by atoms with Crippen LogP contribution in [0.2, 0.25) is 0 Å². The van der Waals surface area contributed by atoms with E-state index in [1.807, 2.05) is 30.1 Å². The Labute approximate surface area is 189 Å². The Bertz CT molecular complexity index is 1300. The third kappa shape index (κ3) is 3.46. The molecule has 2 aromatic heterocycles. The van der Waals surface area contributed by atoms with E-state index in [1.54, 1.807) is 0 Å². The predicted molar refractivity (Wildman–Crippen MR) is 128 cm³/mol. The summed E-state index contributed by atoms with van der Waals surface area (Å²) in [7, 11) is 2.03. The number of hydrogen-bond donors (Lipinski definition) is 1. The summed E-state index contributed by atoms with van der Waals surface area (Å²) in [5.74, 6) is 0.936. The maximum absolute atomic E-state index is 13.0. The fraction of sp³-hybridized carbons (Fsp3) is 0.333. The van der Waals surface area contributed by atoms with Crippen LogP contribution in [-0.2, 0) is 13.6 Å². The summed E-state index contributed by atoms with van der Waals surface area (Å²) >= 11 is 3.58. The van der Waals surface area contributed by atoms with Crippen LogP contribution in [0.1, 0.15) is 30.1 Å². The van der Waals surface area contributed by atoms with E-state index in [0.717, 1.165) is 53.0 Å². The van der Waals surface area contributed by atoms with Gasteiger partial charge in [-0.05, 0) is 56.2 Å². The molecule has 160 valence electrons. The van der Waals surface area contributed by atoms with Gasteiger partial charge >= 0.3 is 0 Å². The van der Waals surface area contributed by atoms with Crippen molar-refractivity contribution in [3.05, 3.63) is 52.5 Å². The van der Waals surface area contributed by atoms with Crippen molar-refractivity contribution >= 4 is 43.8 Å². The molecular formula is C24H26BrN5O. The van der Waals surface area contributed by atoms with Crippen molar-refractivity contribution in [2.24, 2.45) is 12.8 Å². The Morgan fingerprint density at radius 3 is 2.81 bits per heavy atom. The number of carbonyl (C=O) groups excluding carboxylic acids is 1. The van der Waals surface area contributed by atoms with Gasteiger partial charge in [-0.25, -0.2) is 4.98 Å². The van der Waals surface area contributed by atoms with Crippen molar-refractivity contribution in [3.63, 3.8) is 0 Å². The van der Waals surface area contributed by atoms with Crippen LogP contribution in [0.3, 0.4) is 0 Å². The van der Waals surface area contributed by atoms with Crippen molar-refractivity contribution < 1.29 is 4.79 Å². The Hall–Kier alpha value is -2.64.